The Morgan fingerprint density at radius 3 is 2.52 bits per heavy atom. The smallest absolute Gasteiger partial charge is 0.246 e. The monoisotopic (exact) mass is 435 g/mol. The first-order valence-corrected chi connectivity index (χ1v) is 9.93. The molecule has 0 fully saturated rings. The van der Waals surface area contributed by atoms with Gasteiger partial charge in [-0.3, -0.25) is 4.79 Å². The molecule has 0 saturated carbocycles. The van der Waals surface area contributed by atoms with Crippen LogP contribution in [-0.4, -0.2) is 22.9 Å². The molecule has 0 radical (unpaired) electrons. The van der Waals surface area contributed by atoms with Gasteiger partial charge >= 0.3 is 0 Å². The first kappa shape index (κ1) is 20.7. The van der Waals surface area contributed by atoms with Crippen molar-refractivity contribution in [3.8, 4) is 0 Å². The number of halogens is 2. The Morgan fingerprint density at radius 2 is 1.77 bits per heavy atom. The van der Waals surface area contributed by atoms with Crippen molar-refractivity contribution in [2.24, 2.45) is 0 Å². The van der Waals surface area contributed by atoms with Crippen molar-refractivity contribution >= 4 is 45.6 Å². The molecule has 0 spiro atoms. The molecule has 31 heavy (non-hydrogen) atoms. The highest BCUT2D eigenvalue weighted by Crippen LogP contribution is 2.28. The molecule has 1 amide bonds. The van der Waals surface area contributed by atoms with Crippen LogP contribution in [0.15, 0.2) is 73.1 Å². The summed E-state index contributed by atoms with van der Waals surface area (Å²) in [6.45, 7) is 0. The van der Waals surface area contributed by atoms with Gasteiger partial charge in [-0.2, -0.15) is 0 Å². The number of rotatable bonds is 6. The van der Waals surface area contributed by atoms with Crippen molar-refractivity contribution in [2.45, 2.75) is 6.04 Å². The molecule has 0 aliphatic rings. The number of carbonyl (C=O) groups is 1. The maximum atomic E-state index is 13.5. The molecule has 3 aromatic carbocycles. The summed E-state index contributed by atoms with van der Waals surface area (Å²) in [6, 6.07) is 18.7. The molecule has 0 saturated heterocycles. The number of anilines is 3. The lowest BCUT2D eigenvalue weighted by Crippen LogP contribution is -2.30. The topological polar surface area (TPSA) is 78.9 Å². The molecule has 0 aliphatic carbocycles. The van der Waals surface area contributed by atoms with Gasteiger partial charge in [0.1, 0.15) is 24.0 Å². The van der Waals surface area contributed by atoms with Crippen molar-refractivity contribution in [1.82, 2.24) is 15.3 Å². The number of carbonyl (C=O) groups excluding carboxylic acids is 1. The third-order valence-corrected chi connectivity index (χ3v) is 5.06. The van der Waals surface area contributed by atoms with E-state index in [0.717, 1.165) is 5.56 Å². The summed E-state index contributed by atoms with van der Waals surface area (Å²) in [5, 5.41) is 9.81. The minimum Gasteiger partial charge on any atom is -0.340 e. The predicted molar refractivity (Wildman–Crippen MR) is 121 cm³/mol. The number of amides is 1. The minimum atomic E-state index is -0.498. The van der Waals surface area contributed by atoms with Gasteiger partial charge in [-0.25, -0.2) is 14.4 Å². The van der Waals surface area contributed by atoms with E-state index in [0.29, 0.717) is 28.1 Å². The van der Waals surface area contributed by atoms with Gasteiger partial charge in [0.05, 0.1) is 10.5 Å². The highest BCUT2D eigenvalue weighted by atomic mass is 35.5. The second-order valence-electron chi connectivity index (χ2n) is 6.83. The third kappa shape index (κ3) is 4.63. The quantitative estimate of drug-likeness (QED) is 0.394. The van der Waals surface area contributed by atoms with Crippen LogP contribution in [0.3, 0.4) is 0 Å². The number of benzene rings is 3. The summed E-state index contributed by atoms with van der Waals surface area (Å²) in [6.07, 6.45) is 1.43. The first-order valence-electron chi connectivity index (χ1n) is 9.55. The van der Waals surface area contributed by atoms with Crippen LogP contribution in [0.4, 0.5) is 21.6 Å². The Bertz CT molecular complexity index is 1240. The Morgan fingerprint density at radius 1 is 1.00 bits per heavy atom. The summed E-state index contributed by atoms with van der Waals surface area (Å²) >= 11 is 5.87. The normalized spacial score (nSPS) is 11.8. The number of nitrogens with one attached hydrogen (secondary N) is 3. The fourth-order valence-corrected chi connectivity index (χ4v) is 3.43. The number of likely N-dealkylation sites (N-methyl/N-ethyl adjacent to an activating group) is 1. The van der Waals surface area contributed by atoms with Crippen LogP contribution in [0.2, 0.25) is 5.02 Å². The van der Waals surface area contributed by atoms with Crippen LogP contribution in [0.1, 0.15) is 11.6 Å². The minimum absolute atomic E-state index is 0.00957. The van der Waals surface area contributed by atoms with Crippen molar-refractivity contribution in [2.75, 3.05) is 17.7 Å². The zero-order valence-corrected chi connectivity index (χ0v) is 17.3. The lowest BCUT2D eigenvalue weighted by Gasteiger charge is -2.17. The Balaban J connectivity index is 1.62. The number of aromatic nitrogens is 2. The molecule has 0 unspecified atom stereocenters. The van der Waals surface area contributed by atoms with Crippen molar-refractivity contribution < 1.29 is 9.18 Å². The maximum absolute atomic E-state index is 13.5. The molecule has 4 rings (SSSR count). The van der Waals surface area contributed by atoms with E-state index in [1.165, 1.54) is 18.5 Å². The van der Waals surface area contributed by atoms with Crippen LogP contribution in [0.25, 0.3) is 10.9 Å². The van der Waals surface area contributed by atoms with Gasteiger partial charge in [0.25, 0.3) is 0 Å². The van der Waals surface area contributed by atoms with Gasteiger partial charge < -0.3 is 16.0 Å². The highest BCUT2D eigenvalue weighted by Gasteiger charge is 2.18. The summed E-state index contributed by atoms with van der Waals surface area (Å²) in [5.41, 5.74) is 2.74. The summed E-state index contributed by atoms with van der Waals surface area (Å²) in [5.74, 6) is -0.177. The van der Waals surface area contributed by atoms with Gasteiger partial charge in [-0.15, -0.1) is 0 Å². The van der Waals surface area contributed by atoms with Crippen LogP contribution >= 0.6 is 11.6 Å². The van der Waals surface area contributed by atoms with Crippen molar-refractivity contribution in [3.63, 3.8) is 0 Å². The van der Waals surface area contributed by atoms with E-state index in [1.54, 1.807) is 31.3 Å². The number of fused-ring (bicyclic) bond motifs is 1. The van der Waals surface area contributed by atoms with E-state index in [2.05, 4.69) is 25.9 Å². The number of hydrogen-bond acceptors (Lipinski definition) is 5. The average Bonchev–Trinajstić information content (AvgIpc) is 2.78. The number of nitrogens with zero attached hydrogens (tertiary/aromatic N) is 2. The van der Waals surface area contributed by atoms with E-state index in [4.69, 9.17) is 11.6 Å². The lowest BCUT2D eigenvalue weighted by atomic mass is 10.1. The molecule has 1 aromatic heterocycles. The molecule has 6 nitrogen and oxygen atoms in total. The third-order valence-electron chi connectivity index (χ3n) is 4.77. The summed E-state index contributed by atoms with van der Waals surface area (Å²) < 4.78 is 13.5. The second-order valence-corrected chi connectivity index (χ2v) is 7.24. The van der Waals surface area contributed by atoms with E-state index in [1.807, 2.05) is 30.3 Å². The maximum Gasteiger partial charge on any atom is 0.246 e. The fourth-order valence-electron chi connectivity index (χ4n) is 3.25. The van der Waals surface area contributed by atoms with Crippen LogP contribution < -0.4 is 16.0 Å². The van der Waals surface area contributed by atoms with Gasteiger partial charge in [0.15, 0.2) is 0 Å². The van der Waals surface area contributed by atoms with Gasteiger partial charge in [-0.05, 0) is 49.0 Å². The number of hydrogen-bond donors (Lipinski definition) is 3. The molecule has 1 atom stereocenters. The highest BCUT2D eigenvalue weighted by molar-refractivity contribution is 6.31. The second kappa shape index (κ2) is 9.07. The summed E-state index contributed by atoms with van der Waals surface area (Å²) in [7, 11) is 1.74. The molecule has 156 valence electrons. The van der Waals surface area contributed by atoms with Crippen LogP contribution in [0.5, 0.6) is 0 Å². The molecule has 1 heterocycles. The molecule has 8 heteroatoms. The van der Waals surface area contributed by atoms with Crippen molar-refractivity contribution in [1.29, 1.82) is 0 Å². The van der Waals surface area contributed by atoms with E-state index >= 15 is 0 Å². The van der Waals surface area contributed by atoms with Crippen LogP contribution in [0, 0.1) is 5.82 Å². The van der Waals surface area contributed by atoms with E-state index in [-0.39, 0.29) is 10.9 Å². The Hall–Kier alpha value is -3.55. The zero-order valence-electron chi connectivity index (χ0n) is 16.6. The Kier molecular flexibility index (Phi) is 6.06. The Labute approximate surface area is 183 Å². The van der Waals surface area contributed by atoms with E-state index < -0.39 is 11.9 Å². The fraction of sp³-hybridized carbons (Fsp3) is 0.0870. The van der Waals surface area contributed by atoms with Crippen molar-refractivity contribution in [3.05, 3.63) is 89.5 Å². The van der Waals surface area contributed by atoms with Gasteiger partial charge in [0, 0.05) is 16.8 Å². The molecule has 0 bridgehead atoms. The standard InChI is InChI=1S/C23H19ClFN5O/c1-26-21(14-5-3-2-4-6-14)23(31)30-15-8-10-20-17(11-15)22(28-13-27-20)29-16-7-9-19(25)18(24)12-16/h2-13,21,26H,1H3,(H,30,31)(H,27,28,29)/t21-/m1/s1. The predicted octanol–water partition coefficient (Wildman–Crippen LogP) is 5.07. The molecule has 3 N–H and O–H groups in total. The lowest BCUT2D eigenvalue weighted by molar-refractivity contribution is -0.118. The zero-order chi connectivity index (χ0) is 21.8. The molecule has 4 aromatic rings. The van der Waals surface area contributed by atoms with E-state index in [9.17, 15) is 9.18 Å². The SMILES string of the molecule is CN[C@@H](C(=O)Nc1ccc2ncnc(Nc3ccc(F)c(Cl)c3)c2c1)c1ccccc1. The average molecular weight is 436 g/mol. The van der Waals surface area contributed by atoms with Gasteiger partial charge in [0.2, 0.25) is 5.91 Å². The van der Waals surface area contributed by atoms with Crippen LogP contribution in [-0.2, 0) is 4.79 Å². The first-order chi connectivity index (χ1) is 15.0. The van der Waals surface area contributed by atoms with Gasteiger partial charge in [-0.1, -0.05) is 41.9 Å². The summed E-state index contributed by atoms with van der Waals surface area (Å²) in [4.78, 5) is 21.4. The molecular weight excluding hydrogens is 417 g/mol. The molecular formula is C23H19ClFN5O. The largest absolute Gasteiger partial charge is 0.340 e. The molecule has 0 aliphatic heterocycles.